The van der Waals surface area contributed by atoms with Crippen LogP contribution in [0.15, 0.2) is 41.3 Å². The first-order valence-electron chi connectivity index (χ1n) is 9.60. The number of hydrogen-bond acceptors (Lipinski definition) is 4. The molecule has 0 radical (unpaired) electrons. The molecule has 1 heterocycles. The van der Waals surface area contributed by atoms with E-state index in [1.165, 1.54) is 13.0 Å². The normalized spacial score (nSPS) is 15.7. The summed E-state index contributed by atoms with van der Waals surface area (Å²) >= 11 is 0. The van der Waals surface area contributed by atoms with Gasteiger partial charge in [0, 0.05) is 30.8 Å². The lowest BCUT2D eigenvalue weighted by Crippen LogP contribution is -2.30. The van der Waals surface area contributed by atoms with Gasteiger partial charge in [-0.25, -0.2) is 8.42 Å². The van der Waals surface area contributed by atoms with Crippen LogP contribution in [0.2, 0.25) is 0 Å². The molecule has 1 aliphatic heterocycles. The number of hydrogen-bond donors (Lipinski definition) is 2. The summed E-state index contributed by atoms with van der Waals surface area (Å²) in [5.41, 5.74) is 3.33. The molecule has 0 bridgehead atoms. The number of aryl methyl sites for hydroxylation is 1. The van der Waals surface area contributed by atoms with Crippen LogP contribution in [-0.4, -0.2) is 26.8 Å². The number of nitrogens with zero attached hydrogens (tertiary/aromatic N) is 1. The molecule has 2 N–H and O–H groups in total. The number of anilines is 3. The van der Waals surface area contributed by atoms with Crippen LogP contribution in [0.5, 0.6) is 0 Å². The quantitative estimate of drug-likeness (QED) is 0.788. The van der Waals surface area contributed by atoms with Gasteiger partial charge in [-0.3, -0.25) is 14.3 Å². The summed E-state index contributed by atoms with van der Waals surface area (Å²) in [4.78, 5) is 25.6. The van der Waals surface area contributed by atoms with Crippen molar-refractivity contribution in [2.75, 3.05) is 21.5 Å². The zero-order valence-electron chi connectivity index (χ0n) is 16.4. The van der Waals surface area contributed by atoms with Gasteiger partial charge in [-0.1, -0.05) is 6.07 Å². The van der Waals surface area contributed by atoms with Crippen molar-refractivity contribution in [3.05, 3.63) is 47.5 Å². The minimum atomic E-state index is -3.81. The third-order valence-corrected chi connectivity index (χ3v) is 6.75. The molecule has 1 aliphatic carbocycles. The number of carbonyl (C=O) groups excluding carboxylic acids is 2. The molecule has 0 spiro atoms. The fourth-order valence-corrected chi connectivity index (χ4v) is 4.94. The third kappa shape index (κ3) is 3.98. The van der Waals surface area contributed by atoms with E-state index in [9.17, 15) is 18.0 Å². The van der Waals surface area contributed by atoms with Crippen molar-refractivity contribution in [1.82, 2.24) is 0 Å². The minimum Gasteiger partial charge on any atom is -0.326 e. The lowest BCUT2D eigenvalue weighted by atomic mass is 10.1. The lowest BCUT2D eigenvalue weighted by molar-refractivity contribution is -0.119. The standard InChI is InChI=1S/C21H23N3O4S/c1-13-11-17(22-14(2)25)7-8-20(13)29(27,28)23-18-6-5-15-9-10-24(19(15)12-18)21(26)16-3-4-16/h5-8,11-12,16,23H,3-4,9-10H2,1-2H3,(H,22,25). The fraction of sp³-hybridized carbons (Fsp3) is 0.333. The molecule has 2 aromatic carbocycles. The molecule has 0 saturated heterocycles. The zero-order chi connectivity index (χ0) is 20.8. The fourth-order valence-electron chi connectivity index (χ4n) is 3.66. The zero-order valence-corrected chi connectivity index (χ0v) is 17.2. The van der Waals surface area contributed by atoms with E-state index >= 15 is 0 Å². The van der Waals surface area contributed by atoms with Gasteiger partial charge in [0.15, 0.2) is 0 Å². The van der Waals surface area contributed by atoms with Crippen molar-refractivity contribution in [3.63, 3.8) is 0 Å². The van der Waals surface area contributed by atoms with Gasteiger partial charge < -0.3 is 10.2 Å². The molecule has 2 aliphatic rings. The molecule has 4 rings (SSSR count). The van der Waals surface area contributed by atoms with Crippen molar-refractivity contribution in [1.29, 1.82) is 0 Å². The predicted octanol–water partition coefficient (Wildman–Crippen LogP) is 3.05. The van der Waals surface area contributed by atoms with Gasteiger partial charge in [0.05, 0.1) is 10.6 Å². The molecular weight excluding hydrogens is 390 g/mol. The van der Waals surface area contributed by atoms with Gasteiger partial charge in [0.1, 0.15) is 0 Å². The van der Waals surface area contributed by atoms with Crippen molar-refractivity contribution in [2.45, 2.75) is 38.0 Å². The highest BCUT2D eigenvalue weighted by Crippen LogP contribution is 2.38. The van der Waals surface area contributed by atoms with Gasteiger partial charge in [-0.05, 0) is 67.6 Å². The molecule has 0 unspecified atom stereocenters. The second kappa shape index (κ2) is 7.18. The van der Waals surface area contributed by atoms with Gasteiger partial charge in [-0.15, -0.1) is 0 Å². The summed E-state index contributed by atoms with van der Waals surface area (Å²) in [7, 11) is -3.81. The number of amides is 2. The maximum absolute atomic E-state index is 12.9. The van der Waals surface area contributed by atoms with E-state index in [1.54, 1.807) is 36.1 Å². The highest BCUT2D eigenvalue weighted by Gasteiger charge is 2.36. The maximum Gasteiger partial charge on any atom is 0.262 e. The molecule has 8 heteroatoms. The van der Waals surface area contributed by atoms with E-state index in [2.05, 4.69) is 10.0 Å². The Kier molecular flexibility index (Phi) is 4.82. The Balaban J connectivity index is 1.58. The molecule has 1 saturated carbocycles. The molecule has 2 amide bonds. The topological polar surface area (TPSA) is 95.6 Å². The Morgan fingerprint density at radius 3 is 2.45 bits per heavy atom. The molecule has 29 heavy (non-hydrogen) atoms. The monoisotopic (exact) mass is 413 g/mol. The average molecular weight is 413 g/mol. The van der Waals surface area contributed by atoms with Crippen LogP contribution in [0.25, 0.3) is 0 Å². The number of carbonyl (C=O) groups is 2. The molecule has 0 atom stereocenters. The smallest absolute Gasteiger partial charge is 0.262 e. The van der Waals surface area contributed by atoms with Crippen LogP contribution < -0.4 is 14.9 Å². The summed E-state index contributed by atoms with van der Waals surface area (Å²) < 4.78 is 28.4. The van der Waals surface area contributed by atoms with E-state index in [0.29, 0.717) is 23.5 Å². The van der Waals surface area contributed by atoms with Crippen molar-refractivity contribution in [3.8, 4) is 0 Å². The average Bonchev–Trinajstić information content (AvgIpc) is 3.40. The van der Waals surface area contributed by atoms with E-state index < -0.39 is 10.0 Å². The summed E-state index contributed by atoms with van der Waals surface area (Å²) in [5, 5.41) is 2.64. The van der Waals surface area contributed by atoms with E-state index in [1.807, 2.05) is 6.07 Å². The van der Waals surface area contributed by atoms with Crippen LogP contribution in [-0.2, 0) is 26.0 Å². The Hall–Kier alpha value is -2.87. The van der Waals surface area contributed by atoms with Gasteiger partial charge >= 0.3 is 0 Å². The SMILES string of the molecule is CC(=O)Nc1ccc(S(=O)(=O)Nc2ccc3c(c2)N(C(=O)C2CC2)CC3)c(C)c1. The molecule has 1 fully saturated rings. The van der Waals surface area contributed by atoms with Gasteiger partial charge in [0.2, 0.25) is 11.8 Å². The second-order valence-electron chi connectivity index (χ2n) is 7.62. The molecule has 0 aromatic heterocycles. The first kappa shape index (κ1) is 19.4. The maximum atomic E-state index is 12.9. The highest BCUT2D eigenvalue weighted by molar-refractivity contribution is 7.92. The van der Waals surface area contributed by atoms with Crippen molar-refractivity contribution in [2.24, 2.45) is 5.92 Å². The molecule has 152 valence electrons. The van der Waals surface area contributed by atoms with Crippen LogP contribution >= 0.6 is 0 Å². The molecule has 2 aromatic rings. The van der Waals surface area contributed by atoms with Crippen molar-refractivity contribution < 1.29 is 18.0 Å². The molecular formula is C21H23N3O4S. The first-order valence-corrected chi connectivity index (χ1v) is 11.1. The van der Waals surface area contributed by atoms with Crippen LogP contribution in [0.1, 0.15) is 30.9 Å². The van der Waals surface area contributed by atoms with E-state index in [-0.39, 0.29) is 22.6 Å². The first-order chi connectivity index (χ1) is 13.7. The summed E-state index contributed by atoms with van der Waals surface area (Å²) in [6, 6.07) is 9.99. The van der Waals surface area contributed by atoms with E-state index in [4.69, 9.17) is 0 Å². The van der Waals surface area contributed by atoms with E-state index in [0.717, 1.165) is 30.5 Å². The molecule has 7 nitrogen and oxygen atoms in total. The minimum absolute atomic E-state index is 0.117. The number of sulfonamides is 1. The Labute approximate surface area is 170 Å². The van der Waals surface area contributed by atoms with Crippen molar-refractivity contribution >= 4 is 38.9 Å². The summed E-state index contributed by atoms with van der Waals surface area (Å²) in [6.07, 6.45) is 2.65. The summed E-state index contributed by atoms with van der Waals surface area (Å²) in [5.74, 6) is 0.0285. The van der Waals surface area contributed by atoms with Gasteiger partial charge in [0.25, 0.3) is 10.0 Å². The third-order valence-electron chi connectivity index (χ3n) is 5.21. The van der Waals surface area contributed by atoms with Crippen LogP contribution in [0.3, 0.4) is 0 Å². The van der Waals surface area contributed by atoms with Crippen LogP contribution in [0.4, 0.5) is 17.1 Å². The summed E-state index contributed by atoms with van der Waals surface area (Å²) in [6.45, 7) is 3.72. The Morgan fingerprint density at radius 1 is 1.07 bits per heavy atom. The number of rotatable bonds is 5. The number of fused-ring (bicyclic) bond motifs is 1. The number of benzene rings is 2. The number of nitrogens with one attached hydrogen (secondary N) is 2. The van der Waals surface area contributed by atoms with Gasteiger partial charge in [-0.2, -0.15) is 0 Å². The largest absolute Gasteiger partial charge is 0.326 e. The lowest BCUT2D eigenvalue weighted by Gasteiger charge is -2.18. The Bertz CT molecular complexity index is 1110. The highest BCUT2D eigenvalue weighted by atomic mass is 32.2. The Morgan fingerprint density at radius 2 is 1.79 bits per heavy atom. The van der Waals surface area contributed by atoms with Crippen LogP contribution in [0, 0.1) is 12.8 Å². The second-order valence-corrected chi connectivity index (χ2v) is 9.28. The predicted molar refractivity (Wildman–Crippen MR) is 112 cm³/mol.